The number of hydrogen-bond donors (Lipinski definition) is 2. The third-order valence-electron chi connectivity index (χ3n) is 2.96. The lowest BCUT2D eigenvalue weighted by Crippen LogP contribution is -2.33. The minimum absolute atomic E-state index is 0.202. The van der Waals surface area contributed by atoms with Gasteiger partial charge in [0.2, 0.25) is 5.91 Å². The summed E-state index contributed by atoms with van der Waals surface area (Å²) in [5.41, 5.74) is 4.16. The van der Waals surface area contributed by atoms with Gasteiger partial charge >= 0.3 is 0 Å². The molecule has 1 unspecified atom stereocenters. The van der Waals surface area contributed by atoms with Crippen molar-refractivity contribution in [3.63, 3.8) is 0 Å². The Kier molecular flexibility index (Phi) is 4.19. The van der Waals surface area contributed by atoms with Crippen LogP contribution in [-0.2, 0) is 11.3 Å². The molecule has 0 aliphatic rings. The number of hydrazine groups is 1. The van der Waals surface area contributed by atoms with Crippen LogP contribution in [0, 0.1) is 0 Å². The molecule has 0 bridgehead atoms. The second kappa shape index (κ2) is 5.86. The first-order valence-electron chi connectivity index (χ1n) is 5.87. The van der Waals surface area contributed by atoms with E-state index in [1.807, 2.05) is 31.2 Å². The second-order valence-corrected chi connectivity index (χ2v) is 4.76. The number of carbonyl (C=O) groups is 1. The number of benzene rings is 1. The number of nitrogens with one attached hydrogen (secondary N) is 1. The summed E-state index contributed by atoms with van der Waals surface area (Å²) in [6, 6.07) is 7.76. The van der Waals surface area contributed by atoms with Crippen LogP contribution in [0.4, 0.5) is 0 Å². The normalized spacial score (nSPS) is 12.2. The summed E-state index contributed by atoms with van der Waals surface area (Å²) in [6.07, 6.45) is 3.36. The topological polar surface area (TPSA) is 72.9 Å². The van der Waals surface area contributed by atoms with Gasteiger partial charge in [-0.3, -0.25) is 14.9 Å². The first-order valence-corrected chi connectivity index (χ1v) is 6.25. The van der Waals surface area contributed by atoms with Crippen LogP contribution < -0.4 is 11.3 Å². The monoisotopic (exact) mass is 278 g/mol. The van der Waals surface area contributed by atoms with E-state index in [4.69, 9.17) is 17.4 Å². The minimum atomic E-state index is -0.266. The first-order chi connectivity index (χ1) is 9.10. The molecule has 1 aromatic heterocycles. The van der Waals surface area contributed by atoms with Gasteiger partial charge in [0.25, 0.3) is 0 Å². The van der Waals surface area contributed by atoms with E-state index in [-0.39, 0.29) is 11.8 Å². The van der Waals surface area contributed by atoms with Gasteiger partial charge in [0.05, 0.1) is 23.7 Å². The van der Waals surface area contributed by atoms with Gasteiger partial charge in [-0.1, -0.05) is 35.9 Å². The molecule has 0 spiro atoms. The third-order valence-corrected chi connectivity index (χ3v) is 3.16. The van der Waals surface area contributed by atoms with E-state index in [1.165, 1.54) is 0 Å². The number of amides is 1. The zero-order valence-electron chi connectivity index (χ0n) is 10.5. The highest BCUT2D eigenvalue weighted by molar-refractivity contribution is 6.30. The standard InChI is InChI=1S/C13H15ClN4O/c1-9(13(19)17-15)11-4-2-10(3-5-11)7-18-8-12(14)6-16-18/h2-6,8-9H,7,15H2,1H3,(H,17,19). The zero-order valence-corrected chi connectivity index (χ0v) is 11.3. The molecule has 3 N–H and O–H groups in total. The van der Waals surface area contributed by atoms with E-state index in [1.54, 1.807) is 17.1 Å². The number of nitrogens with zero attached hydrogens (tertiary/aromatic N) is 2. The molecule has 6 heteroatoms. The van der Waals surface area contributed by atoms with Crippen LogP contribution in [0.5, 0.6) is 0 Å². The van der Waals surface area contributed by atoms with Crippen molar-refractivity contribution in [1.82, 2.24) is 15.2 Å². The molecule has 0 aliphatic heterocycles. The Morgan fingerprint density at radius 1 is 1.47 bits per heavy atom. The molecule has 19 heavy (non-hydrogen) atoms. The van der Waals surface area contributed by atoms with Gasteiger partial charge in [0.15, 0.2) is 0 Å². The predicted molar refractivity (Wildman–Crippen MR) is 73.5 cm³/mol. The van der Waals surface area contributed by atoms with Crippen molar-refractivity contribution in [3.05, 3.63) is 52.8 Å². The van der Waals surface area contributed by atoms with E-state index >= 15 is 0 Å². The summed E-state index contributed by atoms with van der Waals surface area (Å²) >= 11 is 5.80. The molecule has 1 amide bonds. The van der Waals surface area contributed by atoms with Crippen molar-refractivity contribution in [1.29, 1.82) is 0 Å². The summed E-state index contributed by atoms with van der Waals surface area (Å²) in [5.74, 6) is 4.65. The van der Waals surface area contributed by atoms with Crippen LogP contribution in [0.15, 0.2) is 36.7 Å². The molecule has 0 fully saturated rings. The fourth-order valence-electron chi connectivity index (χ4n) is 1.80. The molecule has 0 saturated carbocycles. The Morgan fingerprint density at radius 3 is 2.68 bits per heavy atom. The van der Waals surface area contributed by atoms with Crippen LogP contribution in [0.25, 0.3) is 0 Å². The number of aromatic nitrogens is 2. The molecule has 1 heterocycles. The van der Waals surface area contributed by atoms with Gasteiger partial charge in [-0.05, 0) is 18.1 Å². The summed E-state index contributed by atoms with van der Waals surface area (Å²) in [6.45, 7) is 2.45. The molecule has 2 aromatic rings. The molecule has 1 aromatic carbocycles. The molecular formula is C13H15ClN4O. The summed E-state index contributed by atoms with van der Waals surface area (Å²) in [4.78, 5) is 11.4. The van der Waals surface area contributed by atoms with Gasteiger partial charge in [0, 0.05) is 6.20 Å². The van der Waals surface area contributed by atoms with E-state index in [0.29, 0.717) is 11.6 Å². The number of halogens is 1. The van der Waals surface area contributed by atoms with Gasteiger partial charge in [-0.15, -0.1) is 0 Å². The lowest BCUT2D eigenvalue weighted by molar-refractivity contribution is -0.122. The molecule has 5 nitrogen and oxygen atoms in total. The van der Waals surface area contributed by atoms with Crippen molar-refractivity contribution in [2.75, 3.05) is 0 Å². The van der Waals surface area contributed by atoms with E-state index in [0.717, 1.165) is 11.1 Å². The molecule has 1 atom stereocenters. The van der Waals surface area contributed by atoms with Crippen LogP contribution in [0.1, 0.15) is 24.0 Å². The summed E-state index contributed by atoms with van der Waals surface area (Å²) in [7, 11) is 0. The van der Waals surface area contributed by atoms with Gasteiger partial charge in [-0.25, -0.2) is 5.84 Å². The third kappa shape index (κ3) is 3.33. The Balaban J connectivity index is 2.08. The Hall–Kier alpha value is -1.85. The summed E-state index contributed by atoms with van der Waals surface area (Å²) in [5, 5.41) is 4.73. The molecule has 100 valence electrons. The maximum Gasteiger partial charge on any atom is 0.241 e. The van der Waals surface area contributed by atoms with Crippen molar-refractivity contribution in [3.8, 4) is 0 Å². The number of nitrogens with two attached hydrogens (primary N) is 1. The van der Waals surface area contributed by atoms with Gasteiger partial charge in [0.1, 0.15) is 0 Å². The molecule has 0 saturated heterocycles. The highest BCUT2D eigenvalue weighted by Crippen LogP contribution is 2.16. The van der Waals surface area contributed by atoms with E-state index in [9.17, 15) is 4.79 Å². The smallest absolute Gasteiger partial charge is 0.241 e. The van der Waals surface area contributed by atoms with Gasteiger partial charge in [-0.2, -0.15) is 5.10 Å². The highest BCUT2D eigenvalue weighted by atomic mass is 35.5. The largest absolute Gasteiger partial charge is 0.294 e. The van der Waals surface area contributed by atoms with Crippen LogP contribution in [0.3, 0.4) is 0 Å². The average Bonchev–Trinajstić information content (AvgIpc) is 2.83. The first kappa shape index (κ1) is 13.6. The zero-order chi connectivity index (χ0) is 13.8. The summed E-state index contributed by atoms with van der Waals surface area (Å²) < 4.78 is 1.76. The quantitative estimate of drug-likeness (QED) is 0.508. The van der Waals surface area contributed by atoms with Crippen molar-refractivity contribution in [2.45, 2.75) is 19.4 Å². The molecular weight excluding hydrogens is 264 g/mol. The van der Waals surface area contributed by atoms with E-state index < -0.39 is 0 Å². The molecule has 2 rings (SSSR count). The lowest BCUT2D eigenvalue weighted by Gasteiger charge is -2.10. The maximum absolute atomic E-state index is 11.4. The fraction of sp³-hybridized carbons (Fsp3) is 0.231. The molecule has 0 radical (unpaired) electrons. The fourth-order valence-corrected chi connectivity index (χ4v) is 1.96. The van der Waals surface area contributed by atoms with Crippen molar-refractivity contribution in [2.24, 2.45) is 5.84 Å². The predicted octanol–water partition coefficient (Wildman–Crippen LogP) is 1.68. The Bertz CT molecular complexity index is 564. The van der Waals surface area contributed by atoms with Crippen LogP contribution in [-0.4, -0.2) is 15.7 Å². The van der Waals surface area contributed by atoms with Crippen molar-refractivity contribution < 1.29 is 4.79 Å². The second-order valence-electron chi connectivity index (χ2n) is 4.33. The van der Waals surface area contributed by atoms with E-state index in [2.05, 4.69) is 10.5 Å². The Morgan fingerprint density at radius 2 is 2.16 bits per heavy atom. The average molecular weight is 279 g/mol. The Labute approximate surface area is 116 Å². The maximum atomic E-state index is 11.4. The van der Waals surface area contributed by atoms with Crippen LogP contribution >= 0.6 is 11.6 Å². The highest BCUT2D eigenvalue weighted by Gasteiger charge is 2.13. The van der Waals surface area contributed by atoms with Gasteiger partial charge < -0.3 is 0 Å². The van der Waals surface area contributed by atoms with Crippen molar-refractivity contribution >= 4 is 17.5 Å². The SMILES string of the molecule is CC(C(=O)NN)c1ccc(Cn2cc(Cl)cn2)cc1. The number of carbonyl (C=O) groups excluding carboxylic acids is 1. The minimum Gasteiger partial charge on any atom is -0.294 e. The number of hydrogen-bond acceptors (Lipinski definition) is 3. The lowest BCUT2D eigenvalue weighted by atomic mass is 9.99. The van der Waals surface area contributed by atoms with Crippen LogP contribution in [0.2, 0.25) is 5.02 Å². The number of rotatable bonds is 4. The molecule has 0 aliphatic carbocycles.